The van der Waals surface area contributed by atoms with Crippen molar-refractivity contribution >= 4 is 46.2 Å². The second-order valence-corrected chi connectivity index (χ2v) is 7.44. The smallest absolute Gasteiger partial charge is 0.264 e. The van der Waals surface area contributed by atoms with Crippen LogP contribution in [0.5, 0.6) is 11.5 Å². The third-order valence-electron chi connectivity index (χ3n) is 3.99. The summed E-state index contributed by atoms with van der Waals surface area (Å²) in [5, 5.41) is 3.92. The summed E-state index contributed by atoms with van der Waals surface area (Å²) >= 11 is 7.41. The van der Waals surface area contributed by atoms with E-state index in [1.807, 2.05) is 38.1 Å². The monoisotopic (exact) mass is 426 g/mol. The number of carbonyl (C=O) groups is 1. The normalized spacial score (nSPS) is 16.0. The Morgan fingerprint density at radius 3 is 2.86 bits per heavy atom. The average molecular weight is 427 g/mol. The summed E-state index contributed by atoms with van der Waals surface area (Å²) in [6, 6.07) is 10.9. The molecule has 1 aliphatic rings. The fraction of sp³-hybridized carbons (Fsp3) is 0.182. The van der Waals surface area contributed by atoms with Gasteiger partial charge in [-0.1, -0.05) is 29.7 Å². The first-order valence-corrected chi connectivity index (χ1v) is 10.1. The number of benzene rings is 2. The zero-order valence-corrected chi connectivity index (χ0v) is 17.6. The highest BCUT2D eigenvalue weighted by atomic mass is 35.5. The van der Waals surface area contributed by atoms with Crippen LogP contribution >= 0.6 is 23.4 Å². The van der Waals surface area contributed by atoms with Gasteiger partial charge in [-0.2, -0.15) is 0 Å². The molecule has 5 nitrogen and oxygen atoms in total. The number of amides is 1. The van der Waals surface area contributed by atoms with Crippen LogP contribution in [0.15, 0.2) is 46.3 Å². The maximum atomic E-state index is 12.4. The Balaban J connectivity index is 1.84. The Morgan fingerprint density at radius 1 is 1.28 bits per heavy atom. The molecule has 0 aromatic heterocycles. The van der Waals surface area contributed by atoms with Gasteiger partial charge in [0.2, 0.25) is 0 Å². The molecule has 0 radical (unpaired) electrons. The lowest BCUT2D eigenvalue weighted by molar-refractivity contribution is -0.115. The first-order valence-electron chi connectivity index (χ1n) is 8.89. The summed E-state index contributed by atoms with van der Waals surface area (Å²) in [7, 11) is 0. The minimum Gasteiger partial charge on any atom is -0.490 e. The first-order chi connectivity index (χ1) is 14.0. The van der Waals surface area contributed by atoms with Gasteiger partial charge in [-0.25, -0.2) is 4.99 Å². The Kier molecular flexibility index (Phi) is 6.86. The predicted octanol–water partition coefficient (Wildman–Crippen LogP) is 4.95. The lowest BCUT2D eigenvalue weighted by atomic mass is 10.2. The number of aliphatic imine (C=N–C) groups is 1. The van der Waals surface area contributed by atoms with Crippen LogP contribution in [0.4, 0.5) is 5.69 Å². The van der Waals surface area contributed by atoms with Crippen molar-refractivity contribution in [3.05, 3.63) is 57.5 Å². The molecule has 1 aliphatic heterocycles. The van der Waals surface area contributed by atoms with Gasteiger partial charge in [0.15, 0.2) is 16.7 Å². The Morgan fingerprint density at radius 2 is 2.10 bits per heavy atom. The van der Waals surface area contributed by atoms with Gasteiger partial charge in [0.1, 0.15) is 6.61 Å². The minimum absolute atomic E-state index is 0.154. The number of terminal acetylenes is 1. The minimum atomic E-state index is -0.209. The summed E-state index contributed by atoms with van der Waals surface area (Å²) in [4.78, 5) is 17.4. The standard InChI is InChI=1S/C22H19ClN2O3S/c1-4-11-28-18-10-9-15(12-19(18)27-5-2)13-20-21(26)25-22(29-20)24-17-8-6-7-16(23)14(17)3/h1,6-10,12-13H,5,11H2,2-3H3,(H,24,25,26)/b20-13+. The van der Waals surface area contributed by atoms with Crippen molar-refractivity contribution in [3.8, 4) is 23.8 Å². The molecule has 3 rings (SSSR count). The van der Waals surface area contributed by atoms with Crippen LogP contribution in [0.1, 0.15) is 18.1 Å². The van der Waals surface area contributed by atoms with Gasteiger partial charge in [0.25, 0.3) is 5.91 Å². The van der Waals surface area contributed by atoms with Gasteiger partial charge >= 0.3 is 0 Å². The fourth-order valence-corrected chi connectivity index (χ4v) is 3.58. The summed E-state index contributed by atoms with van der Waals surface area (Å²) in [5.74, 6) is 3.36. The average Bonchev–Trinajstić information content (AvgIpc) is 3.04. The number of ether oxygens (including phenoxy) is 2. The molecule has 0 spiro atoms. The fourth-order valence-electron chi connectivity index (χ4n) is 2.58. The summed E-state index contributed by atoms with van der Waals surface area (Å²) in [5.41, 5.74) is 2.38. The Bertz CT molecular complexity index is 1040. The zero-order chi connectivity index (χ0) is 20.8. The van der Waals surface area contributed by atoms with E-state index in [9.17, 15) is 4.79 Å². The second kappa shape index (κ2) is 9.55. The van der Waals surface area contributed by atoms with E-state index in [1.54, 1.807) is 18.2 Å². The van der Waals surface area contributed by atoms with Crippen molar-refractivity contribution in [2.24, 2.45) is 4.99 Å². The summed E-state index contributed by atoms with van der Waals surface area (Å²) in [6.45, 7) is 4.41. The van der Waals surface area contributed by atoms with Gasteiger partial charge in [-0.3, -0.25) is 4.79 Å². The molecule has 0 saturated carbocycles. The lowest BCUT2D eigenvalue weighted by Gasteiger charge is -2.11. The molecule has 1 fully saturated rings. The molecule has 1 heterocycles. The van der Waals surface area contributed by atoms with Gasteiger partial charge in [0.05, 0.1) is 17.2 Å². The van der Waals surface area contributed by atoms with E-state index in [0.29, 0.717) is 33.2 Å². The number of nitrogens with zero attached hydrogens (tertiary/aromatic N) is 1. The van der Waals surface area contributed by atoms with Crippen molar-refractivity contribution in [2.45, 2.75) is 13.8 Å². The SMILES string of the molecule is C#CCOc1ccc(/C=C2/SC(=Nc3cccc(Cl)c3C)NC2=O)cc1OCC. The largest absolute Gasteiger partial charge is 0.490 e. The topological polar surface area (TPSA) is 59.9 Å². The van der Waals surface area contributed by atoms with Gasteiger partial charge in [-0.05, 0) is 67.1 Å². The van der Waals surface area contributed by atoms with Crippen molar-refractivity contribution in [2.75, 3.05) is 13.2 Å². The second-order valence-electron chi connectivity index (χ2n) is 6.00. The van der Waals surface area contributed by atoms with Gasteiger partial charge < -0.3 is 14.8 Å². The van der Waals surface area contributed by atoms with E-state index in [2.05, 4.69) is 16.2 Å². The van der Waals surface area contributed by atoms with E-state index >= 15 is 0 Å². The maximum Gasteiger partial charge on any atom is 0.264 e. The molecule has 29 heavy (non-hydrogen) atoms. The number of hydrogen-bond acceptors (Lipinski definition) is 5. The van der Waals surface area contributed by atoms with Crippen LogP contribution in [0.25, 0.3) is 6.08 Å². The number of hydrogen-bond donors (Lipinski definition) is 1. The highest BCUT2D eigenvalue weighted by Crippen LogP contribution is 2.33. The highest BCUT2D eigenvalue weighted by Gasteiger charge is 2.24. The predicted molar refractivity (Wildman–Crippen MR) is 119 cm³/mol. The molecular formula is C22H19ClN2O3S. The third kappa shape index (κ3) is 5.14. The van der Waals surface area contributed by atoms with E-state index < -0.39 is 0 Å². The molecule has 0 aliphatic carbocycles. The maximum absolute atomic E-state index is 12.4. The molecule has 148 valence electrons. The van der Waals surface area contributed by atoms with E-state index in [4.69, 9.17) is 27.5 Å². The Labute approximate surface area is 179 Å². The molecule has 0 unspecified atom stereocenters. The molecule has 1 N–H and O–H groups in total. The van der Waals surface area contributed by atoms with Crippen molar-refractivity contribution in [1.29, 1.82) is 0 Å². The van der Waals surface area contributed by atoms with Crippen LogP contribution in [0.2, 0.25) is 5.02 Å². The first kappa shape index (κ1) is 20.8. The van der Waals surface area contributed by atoms with Crippen molar-refractivity contribution in [3.63, 3.8) is 0 Å². The highest BCUT2D eigenvalue weighted by molar-refractivity contribution is 8.18. The molecule has 0 bridgehead atoms. The Hall–Kier alpha value is -2.88. The van der Waals surface area contributed by atoms with Crippen LogP contribution in [-0.4, -0.2) is 24.3 Å². The zero-order valence-electron chi connectivity index (χ0n) is 16.0. The molecular weight excluding hydrogens is 408 g/mol. The lowest BCUT2D eigenvalue weighted by Crippen LogP contribution is -2.19. The molecule has 0 atom stereocenters. The van der Waals surface area contributed by atoms with Crippen LogP contribution in [0, 0.1) is 19.3 Å². The van der Waals surface area contributed by atoms with Crippen LogP contribution in [0.3, 0.4) is 0 Å². The number of amidine groups is 1. The molecule has 2 aromatic carbocycles. The summed E-state index contributed by atoms with van der Waals surface area (Å²) in [6.07, 6.45) is 7.03. The molecule has 2 aromatic rings. The number of rotatable bonds is 6. The summed E-state index contributed by atoms with van der Waals surface area (Å²) < 4.78 is 11.1. The molecule has 1 saturated heterocycles. The van der Waals surface area contributed by atoms with E-state index in [-0.39, 0.29) is 12.5 Å². The van der Waals surface area contributed by atoms with E-state index in [0.717, 1.165) is 16.8 Å². The van der Waals surface area contributed by atoms with Gasteiger partial charge in [0, 0.05) is 5.02 Å². The molecule has 7 heteroatoms. The number of carbonyl (C=O) groups excluding carboxylic acids is 1. The third-order valence-corrected chi connectivity index (χ3v) is 5.31. The van der Waals surface area contributed by atoms with E-state index in [1.165, 1.54) is 11.8 Å². The quantitative estimate of drug-likeness (QED) is 0.524. The van der Waals surface area contributed by atoms with Crippen LogP contribution in [-0.2, 0) is 4.79 Å². The van der Waals surface area contributed by atoms with Crippen molar-refractivity contribution < 1.29 is 14.3 Å². The van der Waals surface area contributed by atoms with Crippen molar-refractivity contribution in [1.82, 2.24) is 5.32 Å². The number of halogens is 1. The van der Waals surface area contributed by atoms with Gasteiger partial charge in [-0.15, -0.1) is 6.42 Å². The molecule has 1 amide bonds. The van der Waals surface area contributed by atoms with Crippen LogP contribution < -0.4 is 14.8 Å². The number of nitrogens with one attached hydrogen (secondary N) is 1. The number of thioether (sulfide) groups is 1.